The van der Waals surface area contributed by atoms with Gasteiger partial charge in [0.15, 0.2) is 9.91 Å². The molecule has 1 aromatic carbocycles. The number of halogens is 3. The minimum Gasteiger partial charge on any atom is -0.304 e. The zero-order valence-electron chi connectivity index (χ0n) is 11.7. The molecule has 4 nitrogen and oxygen atoms in total. The predicted molar refractivity (Wildman–Crippen MR) is 77.2 cm³/mol. The molecule has 2 rings (SSSR count). The highest BCUT2D eigenvalue weighted by Gasteiger charge is 2.61. The van der Waals surface area contributed by atoms with Crippen LogP contribution < -0.4 is 5.32 Å². The first-order valence-electron chi connectivity index (χ1n) is 6.32. The molecule has 1 fully saturated rings. The molecular weight excluding hydrogens is 315 g/mol. The van der Waals surface area contributed by atoms with Gasteiger partial charge < -0.3 is 5.32 Å². The van der Waals surface area contributed by atoms with Crippen LogP contribution in [-0.4, -0.2) is 22.0 Å². The topological polar surface area (TPSA) is 65.2 Å². The maximum absolute atomic E-state index is 12.9. The molecule has 1 saturated heterocycles. The quantitative estimate of drug-likeness (QED) is 0.907. The van der Waals surface area contributed by atoms with Gasteiger partial charge >= 0.3 is 6.18 Å². The number of hydrogen-bond donors (Lipinski definition) is 1. The van der Waals surface area contributed by atoms with Crippen LogP contribution in [0.5, 0.6) is 0 Å². The molecule has 2 atom stereocenters. The van der Waals surface area contributed by atoms with Crippen molar-refractivity contribution in [2.45, 2.75) is 30.8 Å². The summed E-state index contributed by atoms with van der Waals surface area (Å²) in [5.41, 5.74) is 1.22. The van der Waals surface area contributed by atoms with E-state index in [2.05, 4.69) is 10.3 Å². The second-order valence-corrected chi connectivity index (χ2v) is 6.34. The Hall–Kier alpha value is -2.01. The van der Waals surface area contributed by atoms with E-state index in [1.807, 2.05) is 6.07 Å². The van der Waals surface area contributed by atoms with Gasteiger partial charge in [0.2, 0.25) is 0 Å². The first kappa shape index (κ1) is 16.4. The number of hydrogen-bond acceptors (Lipinski definition) is 4. The molecule has 22 heavy (non-hydrogen) atoms. The van der Waals surface area contributed by atoms with Crippen molar-refractivity contribution in [1.82, 2.24) is 5.32 Å². The zero-order valence-corrected chi connectivity index (χ0v) is 12.5. The number of benzene rings is 1. The van der Waals surface area contributed by atoms with Crippen LogP contribution in [0, 0.1) is 11.3 Å². The number of amidine groups is 1. The van der Waals surface area contributed by atoms with E-state index in [4.69, 9.17) is 5.26 Å². The number of carbonyl (C=O) groups is 1. The van der Waals surface area contributed by atoms with E-state index in [1.165, 1.54) is 0 Å². The second kappa shape index (κ2) is 5.65. The maximum atomic E-state index is 12.9. The molecule has 1 heterocycles. The van der Waals surface area contributed by atoms with Gasteiger partial charge in [-0.3, -0.25) is 9.79 Å². The molecule has 1 aliphatic heterocycles. The van der Waals surface area contributed by atoms with E-state index in [0.29, 0.717) is 17.3 Å². The summed E-state index contributed by atoms with van der Waals surface area (Å²) in [6.45, 7) is 2.53. The third kappa shape index (κ3) is 2.95. The minimum atomic E-state index is -4.66. The highest BCUT2D eigenvalue weighted by molar-refractivity contribution is 8.16. The Morgan fingerprint density at radius 3 is 2.41 bits per heavy atom. The van der Waals surface area contributed by atoms with Crippen LogP contribution in [-0.2, 0) is 4.79 Å². The van der Waals surface area contributed by atoms with Crippen LogP contribution in [0.4, 0.5) is 13.2 Å². The number of nitrogens with one attached hydrogen (secondary N) is 1. The Morgan fingerprint density at radius 2 is 1.95 bits per heavy atom. The average molecular weight is 327 g/mol. The Balaban J connectivity index is 2.20. The molecule has 0 aliphatic carbocycles. The number of thioether (sulfide) groups is 1. The number of rotatable bonds is 2. The third-order valence-corrected chi connectivity index (χ3v) is 4.55. The summed E-state index contributed by atoms with van der Waals surface area (Å²) in [5.74, 6) is -1.12. The number of amides is 1. The SMILES string of the molecule is CC(N=C1NC(=O)C(C)(C(F)(F)F)S1)c1ccc(C#N)cc1. The van der Waals surface area contributed by atoms with Crippen LogP contribution in [0.15, 0.2) is 29.3 Å². The lowest BCUT2D eigenvalue weighted by atomic mass is 10.1. The number of alkyl halides is 3. The van der Waals surface area contributed by atoms with E-state index >= 15 is 0 Å². The molecule has 0 bridgehead atoms. The highest BCUT2D eigenvalue weighted by Crippen LogP contribution is 2.45. The van der Waals surface area contributed by atoms with Crippen molar-refractivity contribution in [3.63, 3.8) is 0 Å². The molecule has 1 N–H and O–H groups in total. The van der Waals surface area contributed by atoms with Crippen molar-refractivity contribution in [2.75, 3.05) is 0 Å². The Morgan fingerprint density at radius 1 is 1.36 bits per heavy atom. The normalized spacial score (nSPS) is 24.9. The lowest BCUT2D eigenvalue weighted by Gasteiger charge is -2.21. The summed E-state index contributed by atoms with van der Waals surface area (Å²) in [5, 5.41) is 10.8. The standard InChI is InChI=1S/C14H12F3N3OS/c1-8(10-5-3-9(7-18)4-6-10)19-12-20-11(21)13(2,22-12)14(15,16)17/h3-6,8H,1-2H3,(H,19,20,21). The molecule has 1 aromatic rings. The van der Waals surface area contributed by atoms with Crippen LogP contribution in [0.25, 0.3) is 0 Å². The largest absolute Gasteiger partial charge is 0.412 e. The minimum absolute atomic E-state index is 0.0540. The molecule has 0 spiro atoms. The van der Waals surface area contributed by atoms with Gasteiger partial charge in [-0.2, -0.15) is 18.4 Å². The van der Waals surface area contributed by atoms with Crippen molar-refractivity contribution < 1.29 is 18.0 Å². The Labute approximate surface area is 129 Å². The molecule has 0 saturated carbocycles. The summed E-state index contributed by atoms with van der Waals surface area (Å²) in [4.78, 5) is 15.7. The molecular formula is C14H12F3N3OS. The van der Waals surface area contributed by atoms with Crippen LogP contribution in [0.1, 0.15) is 31.0 Å². The van der Waals surface area contributed by atoms with Gasteiger partial charge in [0.1, 0.15) is 0 Å². The number of nitrogens with zero attached hydrogens (tertiary/aromatic N) is 2. The van der Waals surface area contributed by atoms with E-state index in [1.54, 1.807) is 31.2 Å². The first-order valence-corrected chi connectivity index (χ1v) is 7.14. The number of aliphatic imine (C=N–C) groups is 1. The summed E-state index contributed by atoms with van der Waals surface area (Å²) in [6, 6.07) is 8.10. The fraction of sp³-hybridized carbons (Fsp3) is 0.357. The molecule has 116 valence electrons. The highest BCUT2D eigenvalue weighted by atomic mass is 32.2. The van der Waals surface area contributed by atoms with Crippen molar-refractivity contribution in [3.05, 3.63) is 35.4 Å². The lowest BCUT2D eigenvalue weighted by molar-refractivity contribution is -0.166. The van der Waals surface area contributed by atoms with Gasteiger partial charge in [-0.15, -0.1) is 0 Å². The summed E-state index contributed by atoms with van der Waals surface area (Å²) in [6.07, 6.45) is -4.66. The van der Waals surface area contributed by atoms with Gasteiger partial charge in [0.25, 0.3) is 5.91 Å². The second-order valence-electron chi connectivity index (χ2n) is 4.93. The fourth-order valence-electron chi connectivity index (χ4n) is 1.81. The van der Waals surface area contributed by atoms with E-state index in [9.17, 15) is 18.0 Å². The molecule has 8 heteroatoms. The van der Waals surface area contributed by atoms with E-state index in [-0.39, 0.29) is 5.17 Å². The van der Waals surface area contributed by atoms with Gasteiger partial charge in [-0.05, 0) is 31.5 Å². The van der Waals surface area contributed by atoms with Crippen molar-refractivity contribution in [1.29, 1.82) is 5.26 Å². The fourth-order valence-corrected chi connectivity index (χ4v) is 2.81. The summed E-state index contributed by atoms with van der Waals surface area (Å²) < 4.78 is 36.3. The van der Waals surface area contributed by atoms with Gasteiger partial charge in [0.05, 0.1) is 17.7 Å². The van der Waals surface area contributed by atoms with Crippen molar-refractivity contribution in [3.8, 4) is 6.07 Å². The van der Waals surface area contributed by atoms with Crippen molar-refractivity contribution in [2.24, 2.45) is 4.99 Å². The third-order valence-electron chi connectivity index (χ3n) is 3.33. The van der Waals surface area contributed by atoms with Gasteiger partial charge in [-0.1, -0.05) is 23.9 Å². The summed E-state index contributed by atoms with van der Waals surface area (Å²) >= 11 is 0.371. The van der Waals surface area contributed by atoms with Gasteiger partial charge in [-0.25, -0.2) is 0 Å². The first-order chi connectivity index (χ1) is 10.2. The summed E-state index contributed by atoms with van der Waals surface area (Å²) in [7, 11) is 0. The van der Waals surface area contributed by atoms with Crippen LogP contribution in [0.3, 0.4) is 0 Å². The average Bonchev–Trinajstić information content (AvgIpc) is 2.74. The van der Waals surface area contributed by atoms with Crippen LogP contribution >= 0.6 is 11.8 Å². The van der Waals surface area contributed by atoms with Crippen molar-refractivity contribution >= 4 is 22.8 Å². The molecule has 1 aliphatic rings. The Bertz CT molecular complexity index is 663. The zero-order chi connectivity index (χ0) is 16.5. The molecule has 2 unspecified atom stereocenters. The smallest absolute Gasteiger partial charge is 0.304 e. The molecule has 1 amide bonds. The Kier molecular flexibility index (Phi) is 4.20. The van der Waals surface area contributed by atoms with Crippen LogP contribution in [0.2, 0.25) is 0 Å². The van der Waals surface area contributed by atoms with Gasteiger partial charge in [0, 0.05) is 0 Å². The molecule has 0 aromatic heterocycles. The number of nitriles is 1. The predicted octanol–water partition coefficient (Wildman–Crippen LogP) is 3.16. The molecule has 0 radical (unpaired) electrons. The lowest BCUT2D eigenvalue weighted by Crippen LogP contribution is -2.46. The number of carbonyl (C=O) groups excluding carboxylic acids is 1. The monoisotopic (exact) mass is 327 g/mol. The van der Waals surface area contributed by atoms with E-state index in [0.717, 1.165) is 12.5 Å². The maximum Gasteiger partial charge on any atom is 0.412 e. The van der Waals surface area contributed by atoms with E-state index < -0.39 is 22.9 Å².